The molecule has 4 aromatic rings. The van der Waals surface area contributed by atoms with Crippen molar-refractivity contribution in [1.29, 1.82) is 0 Å². The first-order valence-electron chi connectivity index (χ1n) is 13.4. The van der Waals surface area contributed by atoms with Gasteiger partial charge < -0.3 is 0 Å². The van der Waals surface area contributed by atoms with Gasteiger partial charge in [0.25, 0.3) is 0 Å². The Morgan fingerprint density at radius 1 is 0.676 bits per heavy atom. The highest BCUT2D eigenvalue weighted by molar-refractivity contribution is 6.00. The van der Waals surface area contributed by atoms with Crippen molar-refractivity contribution >= 4 is 11.5 Å². The van der Waals surface area contributed by atoms with E-state index in [4.69, 9.17) is 5.10 Å². The van der Waals surface area contributed by atoms with E-state index in [9.17, 15) is 0 Å². The second-order valence-corrected chi connectivity index (χ2v) is 10.2. The van der Waals surface area contributed by atoms with Crippen LogP contribution in [0.1, 0.15) is 47.9 Å². The molecule has 0 saturated heterocycles. The van der Waals surface area contributed by atoms with Crippen LogP contribution in [0.4, 0.5) is 5.69 Å². The van der Waals surface area contributed by atoms with Crippen LogP contribution >= 0.6 is 0 Å². The molecule has 186 valence electrons. The number of nitrogens with zero attached hydrogens (tertiary/aromatic N) is 4. The average Bonchev–Trinajstić information content (AvgIpc) is 3.60. The summed E-state index contributed by atoms with van der Waals surface area (Å²) in [5, 5.41) is 12.1. The molecule has 2 aliphatic rings. The van der Waals surface area contributed by atoms with Gasteiger partial charge in [-0.1, -0.05) is 121 Å². The van der Waals surface area contributed by atoms with E-state index in [-0.39, 0.29) is 0 Å². The minimum atomic E-state index is -0.647. The summed E-state index contributed by atoms with van der Waals surface area (Å²) in [6.07, 6.45) is 4.88. The van der Waals surface area contributed by atoms with Gasteiger partial charge >= 0.3 is 0 Å². The van der Waals surface area contributed by atoms with E-state index in [2.05, 4.69) is 144 Å². The molecule has 1 fully saturated rings. The molecule has 4 heteroatoms. The van der Waals surface area contributed by atoms with Gasteiger partial charge in [0.2, 0.25) is 0 Å². The van der Waals surface area contributed by atoms with Crippen LogP contribution in [0.15, 0.2) is 120 Å². The maximum absolute atomic E-state index is 5.28. The molecule has 0 spiro atoms. The Labute approximate surface area is 220 Å². The molecule has 1 saturated carbocycles. The SMILES string of the molecule is Cc1cccc(N2C(C3CCCC3)=NN(C)N2C(c2ccccc2)(c2ccccc2)c2ccccc2)c1. The van der Waals surface area contributed by atoms with Gasteiger partial charge in [-0.25, -0.2) is 10.1 Å². The van der Waals surface area contributed by atoms with Gasteiger partial charge in [0.15, 0.2) is 0 Å². The van der Waals surface area contributed by atoms with E-state index in [1.807, 2.05) is 0 Å². The summed E-state index contributed by atoms with van der Waals surface area (Å²) in [4.78, 5) is 0. The Hall–Kier alpha value is -3.89. The third-order valence-electron chi connectivity index (χ3n) is 7.77. The quantitative estimate of drug-likeness (QED) is 0.266. The number of hydrogen-bond acceptors (Lipinski definition) is 4. The van der Waals surface area contributed by atoms with Crippen molar-refractivity contribution in [1.82, 2.24) is 10.2 Å². The number of hydrazone groups is 1. The molecule has 0 amide bonds. The minimum absolute atomic E-state index is 0.438. The van der Waals surface area contributed by atoms with Crippen molar-refractivity contribution in [3.8, 4) is 0 Å². The molecule has 0 radical (unpaired) electrons. The lowest BCUT2D eigenvalue weighted by atomic mass is 9.77. The summed E-state index contributed by atoms with van der Waals surface area (Å²) in [6, 6.07) is 41.4. The second kappa shape index (κ2) is 9.87. The molecule has 0 aromatic heterocycles. The molecule has 0 atom stereocenters. The van der Waals surface area contributed by atoms with E-state index in [0.29, 0.717) is 5.92 Å². The monoisotopic (exact) mass is 486 g/mol. The van der Waals surface area contributed by atoms with Crippen LogP contribution in [0.2, 0.25) is 0 Å². The number of benzene rings is 4. The molecule has 37 heavy (non-hydrogen) atoms. The highest BCUT2D eigenvalue weighted by Gasteiger charge is 2.52. The summed E-state index contributed by atoms with van der Waals surface area (Å²) < 4.78 is 0. The first-order chi connectivity index (χ1) is 18.2. The zero-order valence-electron chi connectivity index (χ0n) is 21.7. The molecule has 0 N–H and O–H groups in total. The van der Waals surface area contributed by atoms with E-state index in [1.54, 1.807) is 0 Å². The Bertz CT molecular complexity index is 1260. The average molecular weight is 487 g/mol. The molecule has 1 heterocycles. The number of rotatable bonds is 6. The van der Waals surface area contributed by atoms with Crippen LogP contribution in [-0.2, 0) is 5.54 Å². The van der Waals surface area contributed by atoms with Gasteiger partial charge in [-0.2, -0.15) is 0 Å². The molecule has 0 bridgehead atoms. The van der Waals surface area contributed by atoms with Crippen molar-refractivity contribution < 1.29 is 0 Å². The standard InChI is InChI=1S/C33H34N4/c1-26-15-14-24-31(25-26)36-32(27-16-12-13-17-27)34-35(2)37(36)33(28-18-6-3-7-19-28,29-20-8-4-9-21-29)30-22-10-5-11-23-30/h3-11,14-15,18-25,27H,12-13,16-17H2,1-2H3. The number of hydrogen-bond donors (Lipinski definition) is 0. The third-order valence-corrected chi connectivity index (χ3v) is 7.77. The van der Waals surface area contributed by atoms with Crippen LogP contribution in [0.3, 0.4) is 0 Å². The van der Waals surface area contributed by atoms with Crippen molar-refractivity contribution in [2.75, 3.05) is 12.1 Å². The van der Waals surface area contributed by atoms with Crippen molar-refractivity contribution in [3.63, 3.8) is 0 Å². The first kappa shape index (κ1) is 23.5. The van der Waals surface area contributed by atoms with Gasteiger partial charge in [-0.15, -0.1) is 5.10 Å². The molecule has 1 aliphatic heterocycles. The lowest BCUT2D eigenvalue weighted by molar-refractivity contribution is -0.0432. The van der Waals surface area contributed by atoms with Crippen LogP contribution < -0.4 is 5.01 Å². The van der Waals surface area contributed by atoms with Crippen LogP contribution in [0.25, 0.3) is 0 Å². The lowest BCUT2D eigenvalue weighted by Gasteiger charge is -2.49. The maximum Gasteiger partial charge on any atom is 0.150 e. The fraction of sp³-hybridized carbons (Fsp3) is 0.242. The molecular weight excluding hydrogens is 452 g/mol. The minimum Gasteiger partial charge on any atom is -0.238 e. The van der Waals surface area contributed by atoms with E-state index < -0.39 is 5.54 Å². The van der Waals surface area contributed by atoms with Gasteiger partial charge in [-0.3, -0.25) is 0 Å². The normalized spacial score (nSPS) is 16.9. The smallest absolute Gasteiger partial charge is 0.150 e. The number of anilines is 1. The molecular formula is C33H34N4. The fourth-order valence-electron chi connectivity index (χ4n) is 6.15. The summed E-state index contributed by atoms with van der Waals surface area (Å²) in [5.74, 6) is 1.57. The van der Waals surface area contributed by atoms with E-state index in [0.717, 1.165) is 11.5 Å². The van der Waals surface area contributed by atoms with Gasteiger partial charge in [0, 0.05) is 13.0 Å². The van der Waals surface area contributed by atoms with Gasteiger partial charge in [0.1, 0.15) is 11.4 Å². The molecule has 4 aromatic carbocycles. The van der Waals surface area contributed by atoms with Crippen LogP contribution in [-0.4, -0.2) is 23.1 Å². The molecule has 6 rings (SSSR count). The lowest BCUT2D eigenvalue weighted by Crippen LogP contribution is -2.60. The highest BCUT2D eigenvalue weighted by Crippen LogP contribution is 2.47. The third kappa shape index (κ3) is 4.02. The van der Waals surface area contributed by atoms with Crippen molar-refractivity contribution in [2.45, 2.75) is 38.1 Å². The number of aryl methyl sites for hydroxylation is 1. The predicted molar refractivity (Wildman–Crippen MR) is 152 cm³/mol. The summed E-state index contributed by atoms with van der Waals surface area (Å²) in [7, 11) is 2.09. The number of hydrazine groups is 2. The Balaban J connectivity index is 1.66. The van der Waals surface area contributed by atoms with E-state index >= 15 is 0 Å². The van der Waals surface area contributed by atoms with Crippen LogP contribution in [0.5, 0.6) is 0 Å². The van der Waals surface area contributed by atoms with Gasteiger partial charge in [0.05, 0.1) is 5.69 Å². The molecule has 0 unspecified atom stereocenters. The van der Waals surface area contributed by atoms with Crippen molar-refractivity contribution in [2.24, 2.45) is 11.0 Å². The first-order valence-corrected chi connectivity index (χ1v) is 13.4. The second-order valence-electron chi connectivity index (χ2n) is 10.2. The Morgan fingerprint density at radius 2 is 1.19 bits per heavy atom. The highest BCUT2D eigenvalue weighted by atomic mass is 16.0. The predicted octanol–water partition coefficient (Wildman–Crippen LogP) is 7.37. The maximum atomic E-state index is 5.28. The van der Waals surface area contributed by atoms with Crippen LogP contribution in [0, 0.1) is 12.8 Å². The Kier molecular flexibility index (Phi) is 6.27. The topological polar surface area (TPSA) is 22.1 Å². The van der Waals surface area contributed by atoms with E-state index in [1.165, 1.54) is 47.9 Å². The summed E-state index contributed by atoms with van der Waals surface area (Å²) in [5.41, 5.74) is 5.32. The zero-order chi connectivity index (χ0) is 25.2. The Morgan fingerprint density at radius 3 is 1.68 bits per heavy atom. The van der Waals surface area contributed by atoms with Gasteiger partial charge in [-0.05, 0) is 54.2 Å². The largest absolute Gasteiger partial charge is 0.238 e. The summed E-state index contributed by atoms with van der Waals surface area (Å²) in [6.45, 7) is 2.17. The van der Waals surface area contributed by atoms with Crippen molar-refractivity contribution in [3.05, 3.63) is 138 Å². The summed E-state index contributed by atoms with van der Waals surface area (Å²) >= 11 is 0. The zero-order valence-corrected chi connectivity index (χ0v) is 21.7. The molecule has 4 nitrogen and oxygen atoms in total. The number of amidine groups is 1. The fourth-order valence-corrected chi connectivity index (χ4v) is 6.15. The molecule has 1 aliphatic carbocycles.